The lowest BCUT2D eigenvalue weighted by atomic mass is 10.2. The van der Waals surface area contributed by atoms with Crippen LogP contribution >= 0.6 is 11.6 Å². The van der Waals surface area contributed by atoms with Crippen molar-refractivity contribution in [1.82, 2.24) is 15.0 Å². The van der Waals surface area contributed by atoms with Gasteiger partial charge < -0.3 is 0 Å². The lowest BCUT2D eigenvalue weighted by molar-refractivity contribution is 0.568. The fourth-order valence-corrected chi connectivity index (χ4v) is 2.75. The van der Waals surface area contributed by atoms with Crippen LogP contribution in [0.3, 0.4) is 0 Å². The van der Waals surface area contributed by atoms with Crippen LogP contribution in [0.15, 0.2) is 24.4 Å². The van der Waals surface area contributed by atoms with E-state index in [9.17, 15) is 12.8 Å². The van der Waals surface area contributed by atoms with Gasteiger partial charge in [-0.1, -0.05) is 16.8 Å². The van der Waals surface area contributed by atoms with Gasteiger partial charge in [-0.15, -0.1) is 5.10 Å². The van der Waals surface area contributed by atoms with Gasteiger partial charge >= 0.3 is 0 Å². The van der Waals surface area contributed by atoms with Crippen molar-refractivity contribution in [1.29, 1.82) is 0 Å². The Hall–Kier alpha value is -1.47. The molecule has 0 fully saturated rings. The molecule has 5 nitrogen and oxygen atoms in total. The Morgan fingerprint density at radius 3 is 2.71 bits per heavy atom. The first-order valence-electron chi connectivity index (χ1n) is 6.37. The smallest absolute Gasteiger partial charge is 0.154 e. The molecule has 0 unspecified atom stereocenters. The van der Waals surface area contributed by atoms with Crippen LogP contribution in [-0.2, 0) is 16.4 Å². The summed E-state index contributed by atoms with van der Waals surface area (Å²) in [6.07, 6.45) is 1.61. The van der Waals surface area contributed by atoms with Crippen LogP contribution in [0.4, 0.5) is 4.39 Å². The Labute approximate surface area is 127 Å². The molecule has 0 radical (unpaired) electrons. The van der Waals surface area contributed by atoms with Crippen LogP contribution in [0.25, 0.3) is 11.3 Å². The van der Waals surface area contributed by atoms with Crippen molar-refractivity contribution in [3.8, 4) is 11.3 Å². The lowest BCUT2D eigenvalue weighted by Crippen LogP contribution is -2.21. The SMILES string of the molecule is CC(C)S(=O)(=O)CCn1cc(-c2ccc(F)c(Cl)c2)nn1. The van der Waals surface area contributed by atoms with E-state index in [-0.39, 0.29) is 17.3 Å². The highest BCUT2D eigenvalue weighted by Gasteiger charge is 2.16. The van der Waals surface area contributed by atoms with Crippen molar-refractivity contribution in [2.75, 3.05) is 5.75 Å². The zero-order valence-corrected chi connectivity index (χ0v) is 13.2. The summed E-state index contributed by atoms with van der Waals surface area (Å²) in [4.78, 5) is 0. The van der Waals surface area contributed by atoms with Crippen molar-refractivity contribution in [3.05, 3.63) is 35.2 Å². The van der Waals surface area contributed by atoms with Gasteiger partial charge in [-0.3, -0.25) is 4.68 Å². The van der Waals surface area contributed by atoms with E-state index in [1.54, 1.807) is 26.1 Å². The van der Waals surface area contributed by atoms with E-state index < -0.39 is 20.9 Å². The molecule has 2 aromatic rings. The third-order valence-electron chi connectivity index (χ3n) is 3.08. The van der Waals surface area contributed by atoms with E-state index >= 15 is 0 Å². The van der Waals surface area contributed by atoms with Gasteiger partial charge in [0.25, 0.3) is 0 Å². The minimum atomic E-state index is -3.12. The number of rotatable bonds is 5. The fourth-order valence-electron chi connectivity index (χ4n) is 1.65. The van der Waals surface area contributed by atoms with Gasteiger partial charge in [0.05, 0.1) is 28.8 Å². The quantitative estimate of drug-likeness (QED) is 0.844. The van der Waals surface area contributed by atoms with Crippen molar-refractivity contribution < 1.29 is 12.8 Å². The molecule has 1 heterocycles. The second-order valence-corrected chi connectivity index (χ2v) is 8.00. The number of hydrogen-bond acceptors (Lipinski definition) is 4. The predicted octanol–water partition coefficient (Wildman–Crippen LogP) is 2.56. The van der Waals surface area contributed by atoms with Gasteiger partial charge in [-0.25, -0.2) is 12.8 Å². The molecular weight excluding hydrogens is 317 g/mol. The normalized spacial score (nSPS) is 12.0. The van der Waals surface area contributed by atoms with Crippen molar-refractivity contribution in [2.45, 2.75) is 25.6 Å². The highest BCUT2D eigenvalue weighted by molar-refractivity contribution is 7.91. The maximum absolute atomic E-state index is 13.1. The summed E-state index contributed by atoms with van der Waals surface area (Å²) in [5.74, 6) is -0.506. The van der Waals surface area contributed by atoms with Gasteiger partial charge in [-0.05, 0) is 32.0 Å². The molecular formula is C13H15ClFN3O2S. The predicted molar refractivity (Wildman–Crippen MR) is 79.3 cm³/mol. The first-order valence-corrected chi connectivity index (χ1v) is 8.46. The topological polar surface area (TPSA) is 64.8 Å². The Balaban J connectivity index is 2.13. The summed E-state index contributed by atoms with van der Waals surface area (Å²) in [6.45, 7) is 3.51. The third-order valence-corrected chi connectivity index (χ3v) is 5.55. The number of sulfone groups is 1. The van der Waals surface area contributed by atoms with Crippen molar-refractivity contribution in [3.63, 3.8) is 0 Å². The first-order chi connectivity index (χ1) is 9.79. The zero-order chi connectivity index (χ0) is 15.6. The number of aryl methyl sites for hydroxylation is 1. The fraction of sp³-hybridized carbons (Fsp3) is 0.385. The molecule has 0 bridgehead atoms. The lowest BCUT2D eigenvalue weighted by Gasteiger charge is -2.06. The highest BCUT2D eigenvalue weighted by Crippen LogP contribution is 2.23. The van der Waals surface area contributed by atoms with E-state index in [0.717, 1.165) is 0 Å². The average Bonchev–Trinajstić information content (AvgIpc) is 2.88. The summed E-state index contributed by atoms with van der Waals surface area (Å²) in [7, 11) is -3.12. The monoisotopic (exact) mass is 331 g/mol. The molecule has 2 rings (SSSR count). The van der Waals surface area contributed by atoms with Crippen LogP contribution in [0.1, 0.15) is 13.8 Å². The summed E-state index contributed by atoms with van der Waals surface area (Å²) < 4.78 is 38.0. The molecule has 114 valence electrons. The van der Waals surface area contributed by atoms with E-state index in [2.05, 4.69) is 10.3 Å². The molecule has 0 atom stereocenters. The van der Waals surface area contributed by atoms with Gasteiger partial charge in [0.1, 0.15) is 11.5 Å². The molecule has 1 aromatic heterocycles. The van der Waals surface area contributed by atoms with Crippen molar-refractivity contribution >= 4 is 21.4 Å². The average molecular weight is 332 g/mol. The Kier molecular flexibility index (Phi) is 4.63. The molecule has 1 aromatic carbocycles. The van der Waals surface area contributed by atoms with Gasteiger partial charge in [0, 0.05) is 5.56 Å². The summed E-state index contributed by atoms with van der Waals surface area (Å²) in [5, 5.41) is 7.40. The van der Waals surface area contributed by atoms with Crippen LogP contribution < -0.4 is 0 Å². The van der Waals surface area contributed by atoms with Gasteiger partial charge in [-0.2, -0.15) is 0 Å². The number of nitrogens with zero attached hydrogens (tertiary/aromatic N) is 3. The third kappa shape index (κ3) is 3.79. The van der Waals surface area contributed by atoms with Crippen LogP contribution in [-0.4, -0.2) is 34.4 Å². The minimum absolute atomic E-state index is 0.00234. The van der Waals surface area contributed by atoms with Gasteiger partial charge in [0.15, 0.2) is 9.84 Å². The summed E-state index contributed by atoms with van der Waals surface area (Å²) >= 11 is 5.72. The van der Waals surface area contributed by atoms with Gasteiger partial charge in [0.2, 0.25) is 0 Å². The molecule has 0 saturated heterocycles. The van der Waals surface area contributed by atoms with Crippen LogP contribution in [0.2, 0.25) is 5.02 Å². The Morgan fingerprint density at radius 1 is 1.38 bits per heavy atom. The Morgan fingerprint density at radius 2 is 2.10 bits per heavy atom. The molecule has 8 heteroatoms. The second-order valence-electron chi connectivity index (χ2n) is 4.91. The molecule has 0 spiro atoms. The molecule has 0 saturated carbocycles. The zero-order valence-electron chi connectivity index (χ0n) is 11.6. The second kappa shape index (κ2) is 6.11. The van der Waals surface area contributed by atoms with E-state index in [1.807, 2.05) is 0 Å². The summed E-state index contributed by atoms with van der Waals surface area (Å²) in [5.41, 5.74) is 1.14. The van der Waals surface area contributed by atoms with Crippen LogP contribution in [0.5, 0.6) is 0 Å². The molecule has 0 aliphatic carbocycles. The molecule has 21 heavy (non-hydrogen) atoms. The van der Waals surface area contributed by atoms with E-state index in [0.29, 0.717) is 11.3 Å². The highest BCUT2D eigenvalue weighted by atomic mass is 35.5. The minimum Gasteiger partial charge on any atom is -0.251 e. The summed E-state index contributed by atoms with van der Waals surface area (Å²) in [6, 6.07) is 4.25. The molecule has 0 aliphatic heterocycles. The van der Waals surface area contributed by atoms with Crippen molar-refractivity contribution in [2.24, 2.45) is 0 Å². The Bertz CT molecular complexity index is 744. The number of hydrogen-bond donors (Lipinski definition) is 0. The molecule has 0 N–H and O–H groups in total. The number of benzene rings is 1. The molecule has 0 aliphatic rings. The van der Waals surface area contributed by atoms with E-state index in [1.165, 1.54) is 16.8 Å². The van der Waals surface area contributed by atoms with Crippen LogP contribution in [0, 0.1) is 5.82 Å². The largest absolute Gasteiger partial charge is 0.251 e. The maximum atomic E-state index is 13.1. The molecule has 0 amide bonds. The number of halogens is 2. The standard InChI is InChI=1S/C13H15ClFN3O2S/c1-9(2)21(19,20)6-5-18-8-13(16-17-18)10-3-4-12(15)11(14)7-10/h3-4,7-9H,5-6H2,1-2H3. The van der Waals surface area contributed by atoms with E-state index in [4.69, 9.17) is 11.6 Å². The maximum Gasteiger partial charge on any atom is 0.154 e. The number of aromatic nitrogens is 3. The first kappa shape index (κ1) is 15.9.